The average Bonchev–Trinajstić information content (AvgIpc) is 3.39. The molecule has 0 spiro atoms. The molecule has 1 aliphatic heterocycles. The maximum Gasteiger partial charge on any atom is 0.121 e. The van der Waals surface area contributed by atoms with Crippen molar-refractivity contribution < 1.29 is 4.74 Å². The van der Waals surface area contributed by atoms with E-state index in [1.165, 1.54) is 28.9 Å². The number of ether oxygens (including phenoxy) is 1. The first-order chi connectivity index (χ1) is 18.6. The summed E-state index contributed by atoms with van der Waals surface area (Å²) >= 11 is 0. The summed E-state index contributed by atoms with van der Waals surface area (Å²) in [6.45, 7) is 7.25. The van der Waals surface area contributed by atoms with E-state index in [0.717, 1.165) is 68.2 Å². The van der Waals surface area contributed by atoms with Gasteiger partial charge in [0, 0.05) is 38.4 Å². The Morgan fingerprint density at radius 2 is 1.87 bits per heavy atom. The van der Waals surface area contributed by atoms with Gasteiger partial charge in [-0.25, -0.2) is 4.98 Å². The fourth-order valence-corrected chi connectivity index (χ4v) is 6.12. The van der Waals surface area contributed by atoms with E-state index in [9.17, 15) is 0 Å². The number of para-hydroxylation sites is 1. The van der Waals surface area contributed by atoms with Gasteiger partial charge in [-0.15, -0.1) is 0 Å². The Morgan fingerprint density at radius 3 is 2.66 bits per heavy atom. The minimum absolute atomic E-state index is 0.184. The summed E-state index contributed by atoms with van der Waals surface area (Å²) in [5.74, 6) is 1.89. The number of piperazine rings is 1. The molecule has 0 amide bonds. The molecule has 7 heteroatoms. The number of aromatic nitrogens is 3. The highest BCUT2D eigenvalue weighted by Crippen LogP contribution is 2.39. The number of benzene rings is 2. The van der Waals surface area contributed by atoms with Crippen LogP contribution in [0.15, 0.2) is 60.8 Å². The summed E-state index contributed by atoms with van der Waals surface area (Å²) < 4.78 is 5.42. The molecule has 1 aliphatic carbocycles. The lowest BCUT2D eigenvalue weighted by Crippen LogP contribution is -2.44. The molecule has 2 atom stereocenters. The van der Waals surface area contributed by atoms with Crippen molar-refractivity contribution in [3.05, 3.63) is 83.4 Å². The van der Waals surface area contributed by atoms with E-state index in [1.807, 2.05) is 6.20 Å². The first kappa shape index (κ1) is 24.9. The third-order valence-corrected chi connectivity index (χ3v) is 8.38. The number of nitrogens with zero attached hydrogens (tertiary/aromatic N) is 5. The monoisotopic (exact) mass is 510 g/mol. The van der Waals surface area contributed by atoms with Crippen molar-refractivity contribution in [2.75, 3.05) is 45.2 Å². The van der Waals surface area contributed by atoms with Crippen LogP contribution in [0.1, 0.15) is 54.5 Å². The van der Waals surface area contributed by atoms with Gasteiger partial charge in [0.15, 0.2) is 0 Å². The number of imidazole rings is 1. The highest BCUT2D eigenvalue weighted by atomic mass is 16.5. The fourth-order valence-electron chi connectivity index (χ4n) is 6.12. The van der Waals surface area contributed by atoms with Gasteiger partial charge in [0.25, 0.3) is 0 Å². The van der Waals surface area contributed by atoms with E-state index >= 15 is 0 Å². The third kappa shape index (κ3) is 4.88. The van der Waals surface area contributed by atoms with Gasteiger partial charge in [0.1, 0.15) is 17.1 Å². The van der Waals surface area contributed by atoms with Gasteiger partial charge in [-0.2, -0.15) is 0 Å². The molecule has 0 bridgehead atoms. The van der Waals surface area contributed by atoms with Gasteiger partial charge in [0.05, 0.1) is 36.6 Å². The number of nitrogens with one attached hydrogen (secondary N) is 1. The van der Waals surface area contributed by atoms with Crippen LogP contribution in [-0.2, 0) is 13.0 Å². The average molecular weight is 511 g/mol. The number of hydrogen-bond donors (Lipinski definition) is 1. The second kappa shape index (κ2) is 10.8. The van der Waals surface area contributed by atoms with E-state index in [2.05, 4.69) is 88.3 Å². The van der Waals surface area contributed by atoms with Gasteiger partial charge < -0.3 is 19.5 Å². The molecule has 7 nitrogen and oxygen atoms in total. The number of methoxy groups -OCH3 is 1. The molecule has 6 rings (SSSR count). The van der Waals surface area contributed by atoms with Gasteiger partial charge in [-0.3, -0.25) is 9.88 Å². The van der Waals surface area contributed by atoms with Crippen molar-refractivity contribution in [2.45, 2.75) is 44.8 Å². The lowest BCUT2D eigenvalue weighted by atomic mass is 9.89. The predicted octanol–water partition coefficient (Wildman–Crippen LogP) is 5.36. The highest BCUT2D eigenvalue weighted by molar-refractivity contribution is 5.89. The molecule has 1 saturated heterocycles. The van der Waals surface area contributed by atoms with Crippen molar-refractivity contribution in [1.82, 2.24) is 24.8 Å². The smallest absolute Gasteiger partial charge is 0.121 e. The summed E-state index contributed by atoms with van der Waals surface area (Å²) in [6.07, 6.45) is 5.31. The van der Waals surface area contributed by atoms with Crippen LogP contribution in [0.3, 0.4) is 0 Å². The molecular weight excluding hydrogens is 472 g/mol. The van der Waals surface area contributed by atoms with Gasteiger partial charge in [-0.1, -0.05) is 24.3 Å². The Kier molecular flexibility index (Phi) is 7.04. The first-order valence-corrected chi connectivity index (χ1v) is 13.9. The van der Waals surface area contributed by atoms with E-state index in [0.29, 0.717) is 0 Å². The van der Waals surface area contributed by atoms with Crippen LogP contribution >= 0.6 is 0 Å². The Labute approximate surface area is 225 Å². The largest absolute Gasteiger partial charge is 0.497 e. The van der Waals surface area contributed by atoms with Crippen molar-refractivity contribution >= 4 is 16.7 Å². The summed E-state index contributed by atoms with van der Waals surface area (Å²) in [6, 6.07) is 19.7. The van der Waals surface area contributed by atoms with Crippen LogP contribution in [0.4, 0.5) is 5.69 Å². The minimum atomic E-state index is 0.184. The Hall–Kier alpha value is -3.42. The van der Waals surface area contributed by atoms with Crippen molar-refractivity contribution in [2.24, 2.45) is 0 Å². The van der Waals surface area contributed by atoms with Crippen LogP contribution in [-0.4, -0.2) is 65.1 Å². The zero-order valence-corrected chi connectivity index (χ0v) is 22.7. The molecule has 38 heavy (non-hydrogen) atoms. The van der Waals surface area contributed by atoms with Crippen LogP contribution < -0.4 is 9.64 Å². The van der Waals surface area contributed by atoms with Crippen LogP contribution in [0.5, 0.6) is 5.75 Å². The number of aryl methyl sites for hydroxylation is 1. The third-order valence-electron chi connectivity index (χ3n) is 8.38. The van der Waals surface area contributed by atoms with Crippen LogP contribution in [0.25, 0.3) is 11.0 Å². The van der Waals surface area contributed by atoms with E-state index in [1.54, 1.807) is 7.11 Å². The number of anilines is 1. The molecule has 1 unspecified atom stereocenters. The topological polar surface area (TPSA) is 60.5 Å². The quantitative estimate of drug-likeness (QED) is 0.361. The van der Waals surface area contributed by atoms with Crippen molar-refractivity contribution in [3.8, 4) is 5.75 Å². The molecule has 0 saturated carbocycles. The van der Waals surface area contributed by atoms with Gasteiger partial charge in [-0.05, 0) is 74.7 Å². The molecule has 4 aromatic rings. The maximum absolute atomic E-state index is 5.42. The number of likely N-dealkylation sites (N-methyl/N-ethyl adjacent to an activating group) is 1. The number of rotatable bonds is 7. The first-order valence-electron chi connectivity index (χ1n) is 13.9. The lowest BCUT2D eigenvalue weighted by Gasteiger charge is -2.38. The van der Waals surface area contributed by atoms with Crippen molar-refractivity contribution in [1.29, 1.82) is 0 Å². The molecule has 2 aromatic heterocycles. The predicted molar refractivity (Wildman–Crippen MR) is 153 cm³/mol. The molecule has 198 valence electrons. The number of aromatic amines is 1. The normalized spacial score (nSPS) is 19.1. The number of pyridine rings is 1. The number of fused-ring (bicyclic) bond motifs is 2. The number of H-pyrrole nitrogens is 1. The van der Waals surface area contributed by atoms with Gasteiger partial charge >= 0.3 is 0 Å². The lowest BCUT2D eigenvalue weighted by molar-refractivity contribution is 0.113. The highest BCUT2D eigenvalue weighted by Gasteiger charge is 2.32. The standard InChI is InChI=1S/C31H38N6O/c1-22(23-12-14-25(38-3)15-13-23)37(28-11-4-7-24-8-6-16-32-30(24)28)21-29-33-26-9-5-10-27(31(26)34-29)36-19-17-35(2)18-20-36/h5-6,8-10,12-16,22,28H,4,7,11,17-21H2,1-3H3,(H,33,34)/t22-,28?/m0/s1. The molecule has 2 aromatic carbocycles. The molecule has 0 radical (unpaired) electrons. The molecular formula is C31H38N6O. The van der Waals surface area contributed by atoms with E-state index in [4.69, 9.17) is 14.7 Å². The Morgan fingerprint density at radius 1 is 1.05 bits per heavy atom. The summed E-state index contributed by atoms with van der Waals surface area (Å²) in [7, 11) is 3.91. The minimum Gasteiger partial charge on any atom is -0.497 e. The maximum atomic E-state index is 5.42. The Bertz CT molecular complexity index is 1370. The fraction of sp³-hybridized carbons (Fsp3) is 0.419. The molecule has 1 fully saturated rings. The zero-order valence-electron chi connectivity index (χ0n) is 22.7. The van der Waals surface area contributed by atoms with Crippen molar-refractivity contribution in [3.63, 3.8) is 0 Å². The second-order valence-corrected chi connectivity index (χ2v) is 10.7. The van der Waals surface area contributed by atoms with Crippen LogP contribution in [0, 0.1) is 0 Å². The second-order valence-electron chi connectivity index (χ2n) is 10.7. The van der Waals surface area contributed by atoms with Gasteiger partial charge in [0.2, 0.25) is 0 Å². The van der Waals surface area contributed by atoms with Crippen LogP contribution in [0.2, 0.25) is 0 Å². The molecule has 2 aliphatic rings. The van der Waals surface area contributed by atoms with E-state index in [-0.39, 0.29) is 12.1 Å². The number of hydrogen-bond acceptors (Lipinski definition) is 6. The van der Waals surface area contributed by atoms with E-state index < -0.39 is 0 Å². The molecule has 1 N–H and O–H groups in total. The summed E-state index contributed by atoms with van der Waals surface area (Å²) in [4.78, 5) is 21.2. The Balaban J connectivity index is 1.35. The summed E-state index contributed by atoms with van der Waals surface area (Å²) in [5.41, 5.74) is 7.27. The molecule has 3 heterocycles. The SMILES string of the molecule is COc1ccc([C@H](C)N(Cc2nc3c(N4CCN(C)CC4)cccc3[nH]2)C2CCCc3cccnc32)cc1. The zero-order chi connectivity index (χ0) is 26.1. The summed E-state index contributed by atoms with van der Waals surface area (Å²) in [5, 5.41) is 0.